The van der Waals surface area contributed by atoms with Crippen molar-refractivity contribution in [3.05, 3.63) is 17.7 Å². The predicted molar refractivity (Wildman–Crippen MR) is 68.8 cm³/mol. The highest BCUT2D eigenvalue weighted by atomic mass is 35.7. The zero-order chi connectivity index (χ0) is 15.6. The molecular weight excluding hydrogens is 332 g/mol. The van der Waals surface area contributed by atoms with Gasteiger partial charge < -0.3 is 14.8 Å². The molecule has 10 heteroatoms. The second kappa shape index (κ2) is 6.02. The maximum Gasteiger partial charge on any atom is 0.261 e. The van der Waals surface area contributed by atoms with Crippen molar-refractivity contribution >= 4 is 25.6 Å². The number of rotatable bonds is 4. The van der Waals surface area contributed by atoms with Gasteiger partial charge in [0.05, 0.1) is 17.0 Å². The number of carbonyl (C=O) groups is 1. The summed E-state index contributed by atoms with van der Waals surface area (Å²) in [5, 5.41) is 1.96. The molecule has 0 radical (unpaired) electrons. The number of hydrogen-bond donors (Lipinski definition) is 1. The molecule has 1 heterocycles. The molecule has 1 amide bonds. The second-order valence-corrected chi connectivity index (χ2v) is 6.60. The Kier molecular flexibility index (Phi) is 4.52. The summed E-state index contributed by atoms with van der Waals surface area (Å²) in [6, 6.07) is 2.07. The van der Waals surface area contributed by atoms with Gasteiger partial charge in [0.2, 0.25) is 0 Å². The summed E-state index contributed by atoms with van der Waals surface area (Å²) in [6.45, 7) is -0.557. The van der Waals surface area contributed by atoms with Crippen LogP contribution in [-0.4, -0.2) is 40.5 Å². The topological polar surface area (TPSA) is 81.7 Å². The zero-order valence-corrected chi connectivity index (χ0v) is 12.0. The quantitative estimate of drug-likeness (QED) is 0.837. The first-order valence-corrected chi connectivity index (χ1v) is 8.04. The Balaban J connectivity index is 2.45. The van der Waals surface area contributed by atoms with Crippen LogP contribution in [0.2, 0.25) is 0 Å². The first-order valence-electron chi connectivity index (χ1n) is 5.73. The third-order valence-electron chi connectivity index (χ3n) is 2.56. The Labute approximate surface area is 123 Å². The molecule has 0 atom stereocenters. The molecule has 116 valence electrons. The summed E-state index contributed by atoms with van der Waals surface area (Å²) >= 11 is 0. The van der Waals surface area contributed by atoms with Gasteiger partial charge in [0.1, 0.15) is 13.2 Å². The molecule has 1 N–H and O–H groups in total. The molecule has 21 heavy (non-hydrogen) atoms. The number of amides is 1. The minimum Gasteiger partial charge on any atom is -0.486 e. The van der Waals surface area contributed by atoms with Gasteiger partial charge in [-0.3, -0.25) is 4.79 Å². The van der Waals surface area contributed by atoms with E-state index in [1.165, 1.54) is 0 Å². The lowest BCUT2D eigenvalue weighted by Crippen LogP contribution is -2.30. The number of alkyl halides is 2. The normalized spacial score (nSPS) is 14.1. The number of carbonyl (C=O) groups excluding carboxylic acids is 1. The van der Waals surface area contributed by atoms with E-state index in [-0.39, 0.29) is 35.2 Å². The highest BCUT2D eigenvalue weighted by Gasteiger charge is 2.25. The van der Waals surface area contributed by atoms with E-state index >= 15 is 0 Å². The lowest BCUT2D eigenvalue weighted by atomic mass is 10.1. The Morgan fingerprint density at radius 3 is 2.62 bits per heavy atom. The zero-order valence-electron chi connectivity index (χ0n) is 10.4. The monoisotopic (exact) mass is 341 g/mol. The van der Waals surface area contributed by atoms with Gasteiger partial charge in [0.25, 0.3) is 21.4 Å². The molecule has 0 fully saturated rings. The summed E-state index contributed by atoms with van der Waals surface area (Å²) in [6.07, 6.45) is -2.73. The van der Waals surface area contributed by atoms with Crippen LogP contribution in [0.1, 0.15) is 10.4 Å². The smallest absolute Gasteiger partial charge is 0.261 e. The largest absolute Gasteiger partial charge is 0.486 e. The molecule has 0 spiro atoms. The van der Waals surface area contributed by atoms with Gasteiger partial charge in [0, 0.05) is 16.7 Å². The van der Waals surface area contributed by atoms with E-state index in [0.717, 1.165) is 12.1 Å². The van der Waals surface area contributed by atoms with Crippen molar-refractivity contribution in [3.8, 4) is 11.5 Å². The Morgan fingerprint density at radius 2 is 2.00 bits per heavy atom. The maximum absolute atomic E-state index is 12.1. The summed E-state index contributed by atoms with van der Waals surface area (Å²) < 4.78 is 57.5. The van der Waals surface area contributed by atoms with Crippen LogP contribution in [-0.2, 0) is 9.05 Å². The predicted octanol–water partition coefficient (Wildman–Crippen LogP) is 1.38. The molecule has 0 saturated heterocycles. The van der Waals surface area contributed by atoms with Crippen LogP contribution < -0.4 is 14.8 Å². The number of fused-ring (bicyclic) bond motifs is 1. The highest BCUT2D eigenvalue weighted by molar-refractivity contribution is 8.13. The average molecular weight is 342 g/mol. The summed E-state index contributed by atoms with van der Waals surface area (Å²) in [7, 11) is 1.11. The fourth-order valence-corrected chi connectivity index (χ4v) is 2.48. The van der Waals surface area contributed by atoms with Crippen molar-refractivity contribution in [1.82, 2.24) is 5.32 Å². The molecule has 1 aromatic rings. The van der Waals surface area contributed by atoms with E-state index in [0.29, 0.717) is 0 Å². The molecule has 0 bridgehead atoms. The number of benzene rings is 1. The van der Waals surface area contributed by atoms with Gasteiger partial charge in [-0.25, -0.2) is 17.2 Å². The molecule has 0 saturated carbocycles. The Morgan fingerprint density at radius 1 is 1.33 bits per heavy atom. The number of hydrogen-bond acceptors (Lipinski definition) is 5. The summed E-state index contributed by atoms with van der Waals surface area (Å²) in [5.74, 6) is -0.888. The Hall–Kier alpha value is -1.61. The van der Waals surface area contributed by atoms with Crippen LogP contribution in [0.4, 0.5) is 8.78 Å². The van der Waals surface area contributed by atoms with Gasteiger partial charge in [0.15, 0.2) is 11.5 Å². The number of nitrogens with one attached hydrogen (secondary N) is 1. The average Bonchev–Trinajstić information content (AvgIpc) is 2.42. The van der Waals surface area contributed by atoms with Crippen LogP contribution in [0.25, 0.3) is 0 Å². The highest BCUT2D eigenvalue weighted by Crippen LogP contribution is 2.37. The van der Waals surface area contributed by atoms with E-state index in [1.807, 2.05) is 5.32 Å². The van der Waals surface area contributed by atoms with E-state index in [2.05, 4.69) is 0 Å². The molecule has 1 aliphatic heterocycles. The fourth-order valence-electron chi connectivity index (χ4n) is 1.70. The SMILES string of the molecule is O=C(NCC(F)F)c1cc(S(=O)(=O)Cl)cc2c1OCCO2. The van der Waals surface area contributed by atoms with Crippen LogP contribution in [0.5, 0.6) is 11.5 Å². The van der Waals surface area contributed by atoms with E-state index < -0.39 is 27.9 Å². The lowest BCUT2D eigenvalue weighted by Gasteiger charge is -2.21. The molecule has 1 aromatic carbocycles. The molecular formula is C11H10ClF2NO5S. The number of ether oxygens (including phenoxy) is 2. The maximum atomic E-state index is 12.1. The van der Waals surface area contributed by atoms with Crippen LogP contribution >= 0.6 is 10.7 Å². The van der Waals surface area contributed by atoms with Crippen molar-refractivity contribution in [2.24, 2.45) is 0 Å². The van der Waals surface area contributed by atoms with E-state index in [9.17, 15) is 22.0 Å². The van der Waals surface area contributed by atoms with Crippen molar-refractivity contribution < 1.29 is 31.5 Å². The number of halogens is 3. The summed E-state index contributed by atoms with van der Waals surface area (Å²) in [4.78, 5) is 11.5. The first kappa shape index (κ1) is 15.8. The molecule has 6 nitrogen and oxygen atoms in total. The van der Waals surface area contributed by atoms with Gasteiger partial charge in [-0.1, -0.05) is 0 Å². The van der Waals surface area contributed by atoms with E-state index in [1.54, 1.807) is 0 Å². The standard InChI is InChI=1S/C11H10ClF2NO5S/c12-21(17,18)6-3-7(11(16)15-5-9(13)14)10-8(4-6)19-1-2-20-10/h3-4,9H,1-2,5H2,(H,15,16). The van der Waals surface area contributed by atoms with Crippen molar-refractivity contribution in [2.75, 3.05) is 19.8 Å². The van der Waals surface area contributed by atoms with Gasteiger partial charge in [-0.05, 0) is 6.07 Å². The lowest BCUT2D eigenvalue weighted by molar-refractivity contribution is 0.0881. The van der Waals surface area contributed by atoms with Gasteiger partial charge >= 0.3 is 0 Å². The second-order valence-electron chi connectivity index (χ2n) is 4.03. The first-order chi connectivity index (χ1) is 9.79. The van der Waals surface area contributed by atoms with E-state index in [4.69, 9.17) is 20.2 Å². The van der Waals surface area contributed by atoms with Crippen molar-refractivity contribution in [2.45, 2.75) is 11.3 Å². The van der Waals surface area contributed by atoms with Crippen molar-refractivity contribution in [3.63, 3.8) is 0 Å². The molecule has 0 unspecified atom stereocenters. The fraction of sp³-hybridized carbons (Fsp3) is 0.364. The Bertz CT molecular complexity index is 665. The van der Waals surface area contributed by atoms with Crippen molar-refractivity contribution in [1.29, 1.82) is 0 Å². The molecule has 0 aromatic heterocycles. The summed E-state index contributed by atoms with van der Waals surface area (Å²) in [5.41, 5.74) is -0.230. The third kappa shape index (κ3) is 3.73. The minimum absolute atomic E-state index is 0.00270. The van der Waals surface area contributed by atoms with Crippen LogP contribution in [0, 0.1) is 0 Å². The third-order valence-corrected chi connectivity index (χ3v) is 3.89. The molecule has 0 aliphatic carbocycles. The van der Waals surface area contributed by atoms with Crippen LogP contribution in [0.15, 0.2) is 17.0 Å². The van der Waals surface area contributed by atoms with Crippen LogP contribution in [0.3, 0.4) is 0 Å². The minimum atomic E-state index is -4.12. The molecule has 2 rings (SSSR count). The van der Waals surface area contributed by atoms with Gasteiger partial charge in [-0.15, -0.1) is 0 Å². The molecule has 1 aliphatic rings. The van der Waals surface area contributed by atoms with Gasteiger partial charge in [-0.2, -0.15) is 0 Å².